The molecule has 0 spiro atoms. The number of nitrogens with one attached hydrogen (secondary N) is 3. The van der Waals surface area contributed by atoms with Gasteiger partial charge in [-0.15, -0.1) is 35.3 Å². The number of carbonyl (C=O) groups excluding carboxylic acids is 1. The minimum atomic E-state index is -0.384. The molecular weight excluding hydrogens is 504 g/mol. The number of thiophene rings is 1. The van der Waals surface area contributed by atoms with E-state index in [4.69, 9.17) is 0 Å². The van der Waals surface area contributed by atoms with Crippen LogP contribution in [0.4, 0.5) is 15.1 Å². The van der Waals surface area contributed by atoms with E-state index in [1.54, 1.807) is 23.5 Å². The van der Waals surface area contributed by atoms with Gasteiger partial charge in [0.25, 0.3) is 0 Å². The van der Waals surface area contributed by atoms with Crippen LogP contribution < -0.4 is 20.9 Å². The van der Waals surface area contributed by atoms with Gasteiger partial charge in [-0.25, -0.2) is 9.38 Å². The summed E-state index contributed by atoms with van der Waals surface area (Å²) in [4.78, 5) is 18.9. The minimum absolute atomic E-state index is 0. The smallest absolute Gasteiger partial charge is 0.246 e. The Morgan fingerprint density at radius 1 is 1.28 bits per heavy atom. The number of guanidine groups is 1. The van der Waals surface area contributed by atoms with Crippen molar-refractivity contribution in [2.45, 2.75) is 25.8 Å². The lowest BCUT2D eigenvalue weighted by molar-refractivity contribution is -0.114. The van der Waals surface area contributed by atoms with Crippen LogP contribution >= 0.6 is 35.3 Å². The van der Waals surface area contributed by atoms with Crippen LogP contribution in [0.3, 0.4) is 0 Å². The molecular formula is C20H27FIN5OS. The molecule has 1 aliphatic rings. The molecule has 1 aliphatic heterocycles. The van der Waals surface area contributed by atoms with Gasteiger partial charge in [0.1, 0.15) is 12.4 Å². The van der Waals surface area contributed by atoms with E-state index in [0.717, 1.165) is 25.9 Å². The summed E-state index contributed by atoms with van der Waals surface area (Å²) in [6.07, 6.45) is 2.02. The van der Waals surface area contributed by atoms with Gasteiger partial charge >= 0.3 is 0 Å². The summed E-state index contributed by atoms with van der Waals surface area (Å²) < 4.78 is 13.2. The van der Waals surface area contributed by atoms with Crippen LogP contribution in [0, 0.1) is 5.82 Å². The van der Waals surface area contributed by atoms with E-state index in [1.807, 2.05) is 6.92 Å². The van der Waals surface area contributed by atoms with Gasteiger partial charge in [0.2, 0.25) is 5.91 Å². The Kier molecular flexibility index (Phi) is 9.65. The molecule has 0 radical (unpaired) electrons. The highest BCUT2D eigenvalue weighted by atomic mass is 127. The molecule has 2 aromatic rings. The van der Waals surface area contributed by atoms with E-state index >= 15 is 0 Å². The van der Waals surface area contributed by atoms with E-state index < -0.39 is 0 Å². The molecule has 9 heteroatoms. The Labute approximate surface area is 192 Å². The second-order valence-electron chi connectivity index (χ2n) is 6.61. The third-order valence-electron chi connectivity index (χ3n) is 4.49. The van der Waals surface area contributed by atoms with E-state index in [9.17, 15) is 9.18 Å². The molecule has 1 aromatic heterocycles. The Bertz CT molecular complexity index is 794. The normalized spacial score (nSPS) is 14.8. The maximum atomic E-state index is 13.2. The molecule has 3 N–H and O–H groups in total. The van der Waals surface area contributed by atoms with Crippen LogP contribution in [-0.4, -0.2) is 44.1 Å². The first-order valence-corrected chi connectivity index (χ1v) is 10.4. The van der Waals surface area contributed by atoms with Crippen LogP contribution in [0.5, 0.6) is 0 Å². The lowest BCUT2D eigenvalue weighted by atomic mass is 10.1. The van der Waals surface area contributed by atoms with Crippen LogP contribution in [-0.2, 0) is 4.79 Å². The highest BCUT2D eigenvalue weighted by molar-refractivity contribution is 14.0. The van der Waals surface area contributed by atoms with Gasteiger partial charge in [0.15, 0.2) is 5.96 Å². The second-order valence-corrected chi connectivity index (χ2v) is 7.54. The zero-order valence-corrected chi connectivity index (χ0v) is 19.5. The number of amides is 1. The third-order valence-corrected chi connectivity index (χ3v) is 5.42. The fourth-order valence-corrected chi connectivity index (χ4v) is 3.91. The van der Waals surface area contributed by atoms with Gasteiger partial charge in [-0.05, 0) is 55.5 Å². The molecule has 2 heterocycles. The van der Waals surface area contributed by atoms with Crippen molar-refractivity contribution in [1.82, 2.24) is 10.6 Å². The Balaban J connectivity index is 0.00000300. The highest BCUT2D eigenvalue weighted by Gasteiger charge is 2.20. The molecule has 1 aromatic carbocycles. The first-order chi connectivity index (χ1) is 13.6. The van der Waals surface area contributed by atoms with Crippen LogP contribution in [0.1, 0.15) is 19.8 Å². The molecule has 0 atom stereocenters. The van der Waals surface area contributed by atoms with Gasteiger partial charge in [0.05, 0.1) is 5.00 Å². The summed E-state index contributed by atoms with van der Waals surface area (Å²) in [7, 11) is 0. The number of rotatable bonds is 6. The first-order valence-electron chi connectivity index (χ1n) is 9.52. The summed E-state index contributed by atoms with van der Waals surface area (Å²) in [6.45, 7) is 4.67. The Morgan fingerprint density at radius 3 is 2.72 bits per heavy atom. The number of hydrogen-bond acceptors (Lipinski definition) is 4. The van der Waals surface area contributed by atoms with E-state index in [0.29, 0.717) is 24.2 Å². The fourth-order valence-electron chi connectivity index (χ4n) is 3.13. The monoisotopic (exact) mass is 531 g/mol. The molecule has 0 unspecified atom stereocenters. The van der Waals surface area contributed by atoms with Crippen molar-refractivity contribution in [2.24, 2.45) is 4.99 Å². The molecule has 1 amide bonds. The summed E-state index contributed by atoms with van der Waals surface area (Å²) in [5.74, 6) is -0.0352. The van der Waals surface area contributed by atoms with Crippen molar-refractivity contribution in [1.29, 1.82) is 0 Å². The van der Waals surface area contributed by atoms with Crippen molar-refractivity contribution < 1.29 is 9.18 Å². The second kappa shape index (κ2) is 12.0. The number of carbonyl (C=O) groups is 1. The average Bonchev–Trinajstić information content (AvgIpc) is 3.22. The van der Waals surface area contributed by atoms with Crippen molar-refractivity contribution in [3.63, 3.8) is 0 Å². The molecule has 1 saturated heterocycles. The third kappa shape index (κ3) is 7.46. The van der Waals surface area contributed by atoms with Gasteiger partial charge in [-0.3, -0.25) is 4.79 Å². The largest absolute Gasteiger partial charge is 0.363 e. The lowest BCUT2D eigenvalue weighted by Crippen LogP contribution is -2.48. The minimum Gasteiger partial charge on any atom is -0.363 e. The molecule has 3 rings (SSSR count). The molecule has 0 saturated carbocycles. The number of anilines is 2. The zero-order chi connectivity index (χ0) is 19.8. The van der Waals surface area contributed by atoms with Crippen molar-refractivity contribution in [2.75, 3.05) is 36.4 Å². The predicted octanol–water partition coefficient (Wildman–Crippen LogP) is 3.67. The standard InChI is InChI=1S/C20H26FN5OS.HI/c1-2-22-20(23-14-18(27)24-17-6-3-5-15(21)13-17)25-16-8-10-26(11-9-16)19-7-4-12-28-19;/h3-7,12-13,16H,2,8-11,14H2,1H3,(H,24,27)(H2,22,23,25);1H. The SMILES string of the molecule is CCNC(=NCC(=O)Nc1cccc(F)c1)NC1CCN(c2cccs2)CC1.I. The molecule has 0 aliphatic carbocycles. The maximum absolute atomic E-state index is 13.2. The summed E-state index contributed by atoms with van der Waals surface area (Å²) in [5.41, 5.74) is 0.430. The van der Waals surface area contributed by atoms with Crippen LogP contribution in [0.15, 0.2) is 46.8 Å². The Hall–Kier alpha value is -1.88. The molecule has 1 fully saturated rings. The Morgan fingerprint density at radius 2 is 2.07 bits per heavy atom. The quantitative estimate of drug-likeness (QED) is 0.303. The zero-order valence-electron chi connectivity index (χ0n) is 16.4. The molecule has 6 nitrogen and oxygen atoms in total. The molecule has 0 bridgehead atoms. The average molecular weight is 531 g/mol. The van der Waals surface area contributed by atoms with Gasteiger partial charge in [-0.2, -0.15) is 0 Å². The summed E-state index contributed by atoms with van der Waals surface area (Å²) in [5, 5.41) is 12.7. The van der Waals surface area contributed by atoms with E-state index in [2.05, 4.69) is 43.4 Å². The number of benzene rings is 1. The first kappa shape index (κ1) is 23.4. The maximum Gasteiger partial charge on any atom is 0.246 e. The number of hydrogen-bond donors (Lipinski definition) is 3. The number of aliphatic imine (C=N–C) groups is 1. The topological polar surface area (TPSA) is 68.8 Å². The lowest BCUT2D eigenvalue weighted by Gasteiger charge is -2.33. The van der Waals surface area contributed by atoms with Crippen LogP contribution in [0.25, 0.3) is 0 Å². The molecule has 158 valence electrons. The summed E-state index contributed by atoms with van der Waals surface area (Å²) >= 11 is 1.77. The van der Waals surface area contributed by atoms with Gasteiger partial charge in [-0.1, -0.05) is 6.07 Å². The predicted molar refractivity (Wildman–Crippen MR) is 129 cm³/mol. The van der Waals surface area contributed by atoms with Gasteiger partial charge < -0.3 is 20.9 Å². The number of halogens is 2. The number of piperidine rings is 1. The van der Waals surface area contributed by atoms with E-state index in [-0.39, 0.29) is 42.2 Å². The van der Waals surface area contributed by atoms with Crippen molar-refractivity contribution in [3.8, 4) is 0 Å². The van der Waals surface area contributed by atoms with Crippen molar-refractivity contribution >= 4 is 57.9 Å². The van der Waals surface area contributed by atoms with Gasteiger partial charge in [0, 0.05) is 31.4 Å². The highest BCUT2D eigenvalue weighted by Crippen LogP contribution is 2.24. The molecule has 29 heavy (non-hydrogen) atoms. The van der Waals surface area contributed by atoms with Crippen molar-refractivity contribution in [3.05, 3.63) is 47.6 Å². The van der Waals surface area contributed by atoms with E-state index in [1.165, 1.54) is 17.1 Å². The number of nitrogens with zero attached hydrogens (tertiary/aromatic N) is 2. The summed E-state index contributed by atoms with van der Waals surface area (Å²) in [6, 6.07) is 10.4. The fraction of sp³-hybridized carbons (Fsp3) is 0.400. The van der Waals surface area contributed by atoms with Crippen LogP contribution in [0.2, 0.25) is 0 Å².